The van der Waals surface area contributed by atoms with Crippen LogP contribution < -0.4 is 5.32 Å². The van der Waals surface area contributed by atoms with E-state index in [4.69, 9.17) is 0 Å². The van der Waals surface area contributed by atoms with Crippen molar-refractivity contribution >= 4 is 0 Å². The Kier molecular flexibility index (Phi) is 4.88. The summed E-state index contributed by atoms with van der Waals surface area (Å²) >= 11 is 0. The molecule has 0 spiro atoms. The molecule has 0 amide bonds. The molecule has 1 saturated heterocycles. The van der Waals surface area contributed by atoms with Crippen molar-refractivity contribution in [3.63, 3.8) is 0 Å². The van der Waals surface area contributed by atoms with Gasteiger partial charge in [-0.15, -0.1) is 0 Å². The van der Waals surface area contributed by atoms with Gasteiger partial charge in [0.25, 0.3) is 0 Å². The summed E-state index contributed by atoms with van der Waals surface area (Å²) in [4.78, 5) is 2.33. The average Bonchev–Trinajstić information content (AvgIpc) is 2.39. The molecule has 2 nitrogen and oxygen atoms in total. The van der Waals surface area contributed by atoms with Gasteiger partial charge in [-0.05, 0) is 39.4 Å². The third kappa shape index (κ3) is 3.31. The van der Waals surface area contributed by atoms with Gasteiger partial charge in [0.2, 0.25) is 0 Å². The number of hydrogen-bond acceptors (Lipinski definition) is 2. The van der Waals surface area contributed by atoms with Crippen molar-refractivity contribution in [1.82, 2.24) is 10.2 Å². The molecule has 2 rings (SSSR count). The normalized spacial score (nSPS) is 22.4. The second-order valence-electron chi connectivity index (χ2n) is 5.29. The lowest BCUT2D eigenvalue weighted by molar-refractivity contribution is 0.101. The van der Waals surface area contributed by atoms with Crippen molar-refractivity contribution in [2.45, 2.75) is 38.3 Å². The summed E-state index contributed by atoms with van der Waals surface area (Å²) < 4.78 is 26.9. The van der Waals surface area contributed by atoms with Crippen LogP contribution >= 0.6 is 0 Å². The summed E-state index contributed by atoms with van der Waals surface area (Å²) in [5.74, 6) is -0.958. The quantitative estimate of drug-likeness (QED) is 0.902. The second-order valence-corrected chi connectivity index (χ2v) is 5.29. The highest BCUT2D eigenvalue weighted by molar-refractivity contribution is 5.22. The molecule has 1 aliphatic heterocycles. The Bertz CT molecular complexity index is 421. The van der Waals surface area contributed by atoms with Crippen molar-refractivity contribution in [2.24, 2.45) is 0 Å². The Morgan fingerprint density at radius 3 is 2.84 bits per heavy atom. The number of likely N-dealkylation sites (tertiary alicyclic amines) is 1. The fraction of sp³-hybridized carbons (Fsp3) is 0.600. The number of likely N-dealkylation sites (N-methyl/N-ethyl adjacent to an activating group) is 1. The number of benzene rings is 1. The van der Waals surface area contributed by atoms with E-state index in [1.165, 1.54) is 12.5 Å². The Labute approximate surface area is 113 Å². The van der Waals surface area contributed by atoms with Gasteiger partial charge in [0.05, 0.1) is 0 Å². The van der Waals surface area contributed by atoms with Crippen molar-refractivity contribution < 1.29 is 8.78 Å². The molecule has 0 aromatic heterocycles. The van der Waals surface area contributed by atoms with Crippen LogP contribution in [-0.2, 0) is 0 Å². The van der Waals surface area contributed by atoms with Crippen LogP contribution in [0.1, 0.15) is 37.8 Å². The Morgan fingerprint density at radius 1 is 1.37 bits per heavy atom. The van der Waals surface area contributed by atoms with Crippen LogP contribution in [-0.4, -0.2) is 31.1 Å². The first-order chi connectivity index (χ1) is 9.13. The van der Waals surface area contributed by atoms with E-state index >= 15 is 0 Å². The van der Waals surface area contributed by atoms with Gasteiger partial charge in [0.1, 0.15) is 11.6 Å². The van der Waals surface area contributed by atoms with Crippen molar-refractivity contribution in [1.29, 1.82) is 0 Å². The lowest BCUT2D eigenvalue weighted by Crippen LogP contribution is -2.46. The number of nitrogens with one attached hydrogen (secondary N) is 1. The monoisotopic (exact) mass is 268 g/mol. The van der Waals surface area contributed by atoms with Crippen LogP contribution in [0.15, 0.2) is 18.2 Å². The van der Waals surface area contributed by atoms with Gasteiger partial charge in [-0.1, -0.05) is 12.5 Å². The predicted molar refractivity (Wildman–Crippen MR) is 73.0 cm³/mol. The maximum Gasteiger partial charge on any atom is 0.130 e. The van der Waals surface area contributed by atoms with Crippen LogP contribution in [0.5, 0.6) is 0 Å². The highest BCUT2D eigenvalue weighted by atomic mass is 19.1. The smallest absolute Gasteiger partial charge is 0.130 e. The van der Waals surface area contributed by atoms with E-state index in [9.17, 15) is 8.78 Å². The molecular weight excluding hydrogens is 246 g/mol. The highest BCUT2D eigenvalue weighted by Gasteiger charge is 2.28. The zero-order chi connectivity index (χ0) is 13.8. The van der Waals surface area contributed by atoms with Crippen LogP contribution in [0, 0.1) is 11.6 Å². The van der Waals surface area contributed by atoms with Crippen molar-refractivity contribution in [3.05, 3.63) is 35.4 Å². The number of piperidine rings is 1. The molecular formula is C15H22F2N2. The van der Waals surface area contributed by atoms with Gasteiger partial charge in [-0.25, -0.2) is 8.78 Å². The molecule has 1 heterocycles. The molecule has 1 aromatic carbocycles. The third-order valence-corrected chi connectivity index (χ3v) is 4.02. The molecule has 2 unspecified atom stereocenters. The lowest BCUT2D eigenvalue weighted by Gasteiger charge is -2.40. The number of hydrogen-bond donors (Lipinski definition) is 1. The van der Waals surface area contributed by atoms with Crippen molar-refractivity contribution in [2.75, 3.05) is 20.1 Å². The summed E-state index contributed by atoms with van der Waals surface area (Å²) in [5.41, 5.74) is 0.587. The molecule has 2 atom stereocenters. The van der Waals surface area contributed by atoms with E-state index < -0.39 is 11.6 Å². The SMILES string of the molecule is CNCC1CCCCN1C(C)c1ccc(F)cc1F. The van der Waals surface area contributed by atoms with Gasteiger partial charge >= 0.3 is 0 Å². The summed E-state index contributed by atoms with van der Waals surface area (Å²) in [5, 5.41) is 3.20. The highest BCUT2D eigenvalue weighted by Crippen LogP contribution is 2.29. The van der Waals surface area contributed by atoms with E-state index in [1.807, 2.05) is 14.0 Å². The standard InChI is InChI=1S/C15H22F2N2/c1-11(14-7-6-12(16)9-15(14)17)19-8-4-3-5-13(19)10-18-2/h6-7,9,11,13,18H,3-5,8,10H2,1-2H3. The summed E-state index contributed by atoms with van der Waals surface area (Å²) in [6.45, 7) is 3.89. The van der Waals surface area contributed by atoms with E-state index in [-0.39, 0.29) is 6.04 Å². The Balaban J connectivity index is 2.18. The minimum Gasteiger partial charge on any atom is -0.318 e. The Morgan fingerprint density at radius 2 is 2.16 bits per heavy atom. The molecule has 0 radical (unpaired) electrons. The minimum absolute atomic E-state index is 0.0146. The summed E-state index contributed by atoms with van der Waals surface area (Å²) in [6.07, 6.45) is 3.50. The summed E-state index contributed by atoms with van der Waals surface area (Å²) in [6, 6.07) is 4.30. The topological polar surface area (TPSA) is 15.3 Å². The molecule has 0 saturated carbocycles. The molecule has 106 valence electrons. The summed E-state index contributed by atoms with van der Waals surface area (Å²) in [7, 11) is 1.94. The molecule has 0 aliphatic carbocycles. The van der Waals surface area contributed by atoms with Gasteiger partial charge in [-0.2, -0.15) is 0 Å². The van der Waals surface area contributed by atoms with Gasteiger partial charge in [0.15, 0.2) is 0 Å². The zero-order valence-corrected chi connectivity index (χ0v) is 11.6. The first-order valence-electron chi connectivity index (χ1n) is 6.98. The number of halogens is 2. The largest absolute Gasteiger partial charge is 0.318 e. The second kappa shape index (κ2) is 6.44. The van der Waals surface area contributed by atoms with Crippen LogP contribution in [0.25, 0.3) is 0 Å². The molecule has 1 aliphatic rings. The van der Waals surface area contributed by atoms with Crippen LogP contribution in [0.4, 0.5) is 8.78 Å². The predicted octanol–water partition coefficient (Wildman–Crippen LogP) is 3.10. The number of nitrogens with zero attached hydrogens (tertiary/aromatic N) is 1. The minimum atomic E-state index is -0.515. The van der Waals surface area contributed by atoms with E-state index in [0.717, 1.165) is 32.0 Å². The number of rotatable bonds is 4. The molecule has 1 fully saturated rings. The third-order valence-electron chi connectivity index (χ3n) is 4.02. The van der Waals surface area contributed by atoms with E-state index in [1.54, 1.807) is 6.07 Å². The Hall–Kier alpha value is -1.00. The van der Waals surface area contributed by atoms with Crippen LogP contribution in [0.3, 0.4) is 0 Å². The van der Waals surface area contributed by atoms with Gasteiger partial charge in [0, 0.05) is 30.3 Å². The maximum absolute atomic E-state index is 13.9. The molecule has 4 heteroatoms. The molecule has 1 aromatic rings. The van der Waals surface area contributed by atoms with E-state index in [0.29, 0.717) is 11.6 Å². The van der Waals surface area contributed by atoms with Crippen molar-refractivity contribution in [3.8, 4) is 0 Å². The molecule has 19 heavy (non-hydrogen) atoms. The fourth-order valence-electron chi connectivity index (χ4n) is 3.01. The van der Waals surface area contributed by atoms with Gasteiger partial charge < -0.3 is 5.32 Å². The molecule has 0 bridgehead atoms. The lowest BCUT2D eigenvalue weighted by atomic mass is 9.96. The first-order valence-corrected chi connectivity index (χ1v) is 6.98. The average molecular weight is 268 g/mol. The maximum atomic E-state index is 13.9. The zero-order valence-electron chi connectivity index (χ0n) is 11.6. The fourth-order valence-corrected chi connectivity index (χ4v) is 3.01. The first kappa shape index (κ1) is 14.4. The van der Waals surface area contributed by atoms with Crippen LogP contribution in [0.2, 0.25) is 0 Å². The van der Waals surface area contributed by atoms with E-state index in [2.05, 4.69) is 10.2 Å². The van der Waals surface area contributed by atoms with Gasteiger partial charge in [-0.3, -0.25) is 4.90 Å². The molecule has 1 N–H and O–H groups in total.